The second-order valence-corrected chi connectivity index (χ2v) is 7.54. The quantitative estimate of drug-likeness (QED) is 0.626. The zero-order valence-electron chi connectivity index (χ0n) is 16.1. The number of amides is 3. The minimum Gasteiger partial charge on any atom is -0.467 e. The first-order valence-corrected chi connectivity index (χ1v) is 9.75. The summed E-state index contributed by atoms with van der Waals surface area (Å²) in [5, 5.41) is 4.59. The van der Waals surface area contributed by atoms with E-state index in [-0.39, 0.29) is 34.5 Å². The number of carbonyl (C=O) groups excluding carboxylic acids is 2. The summed E-state index contributed by atoms with van der Waals surface area (Å²) in [5.74, 6) is 0.0796. The average Bonchev–Trinajstić information content (AvgIpc) is 2.60. The van der Waals surface area contributed by atoms with Gasteiger partial charge in [0.25, 0.3) is 10.0 Å². The molecule has 2 aromatic rings. The van der Waals surface area contributed by atoms with Gasteiger partial charge in [-0.15, -0.1) is 0 Å². The SMILES string of the molecule is COc1nc(C)nc(NC(=O)NS(=O)(=O)c2cccc(NC(=O)OC(C)C)c2)n1. The summed E-state index contributed by atoms with van der Waals surface area (Å²) in [4.78, 5) is 35.0. The molecule has 3 amide bonds. The maximum Gasteiger partial charge on any atom is 0.411 e. The lowest BCUT2D eigenvalue weighted by Gasteiger charge is -2.11. The molecule has 0 atom stereocenters. The van der Waals surface area contributed by atoms with Crippen molar-refractivity contribution >= 4 is 33.8 Å². The number of benzene rings is 1. The molecule has 0 fully saturated rings. The van der Waals surface area contributed by atoms with Crippen LogP contribution in [0, 0.1) is 6.92 Å². The number of ether oxygens (including phenoxy) is 2. The third-order valence-electron chi connectivity index (χ3n) is 3.10. The molecule has 13 heteroatoms. The van der Waals surface area contributed by atoms with Crippen LogP contribution in [0.25, 0.3) is 0 Å². The number of hydrogen-bond acceptors (Lipinski definition) is 9. The molecule has 1 aromatic carbocycles. The summed E-state index contributed by atoms with van der Waals surface area (Å²) in [6, 6.07) is 4.17. The van der Waals surface area contributed by atoms with Crippen molar-refractivity contribution < 1.29 is 27.5 Å². The van der Waals surface area contributed by atoms with Gasteiger partial charge in [-0.3, -0.25) is 10.6 Å². The Balaban J connectivity index is 2.10. The lowest BCUT2D eigenvalue weighted by Crippen LogP contribution is -2.35. The molecule has 0 saturated heterocycles. The molecule has 0 aliphatic heterocycles. The van der Waals surface area contributed by atoms with E-state index in [0.717, 1.165) is 0 Å². The fraction of sp³-hybridized carbons (Fsp3) is 0.312. The number of rotatable bonds is 6. The molecule has 1 aromatic heterocycles. The van der Waals surface area contributed by atoms with Gasteiger partial charge in [-0.25, -0.2) is 22.7 Å². The molecule has 0 spiro atoms. The zero-order valence-corrected chi connectivity index (χ0v) is 16.9. The average molecular weight is 424 g/mol. The fourth-order valence-corrected chi connectivity index (χ4v) is 2.97. The van der Waals surface area contributed by atoms with E-state index in [9.17, 15) is 18.0 Å². The van der Waals surface area contributed by atoms with E-state index >= 15 is 0 Å². The smallest absolute Gasteiger partial charge is 0.411 e. The van der Waals surface area contributed by atoms with Crippen molar-refractivity contribution in [3.05, 3.63) is 30.1 Å². The van der Waals surface area contributed by atoms with Crippen LogP contribution in [0.4, 0.5) is 21.2 Å². The summed E-state index contributed by atoms with van der Waals surface area (Å²) in [6.07, 6.45) is -1.08. The number of aryl methyl sites for hydroxylation is 1. The van der Waals surface area contributed by atoms with Crippen LogP contribution in [0.1, 0.15) is 19.7 Å². The number of sulfonamides is 1. The van der Waals surface area contributed by atoms with Gasteiger partial charge in [-0.2, -0.15) is 15.0 Å². The van der Waals surface area contributed by atoms with E-state index in [1.807, 2.05) is 4.72 Å². The number of anilines is 2. The number of nitrogens with one attached hydrogen (secondary N) is 3. The summed E-state index contributed by atoms with van der Waals surface area (Å²) in [7, 11) is -2.91. The van der Waals surface area contributed by atoms with Crippen LogP contribution in [0.5, 0.6) is 6.01 Å². The molecular weight excluding hydrogens is 404 g/mol. The predicted molar refractivity (Wildman–Crippen MR) is 102 cm³/mol. The summed E-state index contributed by atoms with van der Waals surface area (Å²) >= 11 is 0. The number of hydrogen-bond donors (Lipinski definition) is 3. The topological polar surface area (TPSA) is 162 Å². The number of methoxy groups -OCH3 is 1. The number of aromatic nitrogens is 3. The van der Waals surface area contributed by atoms with Crippen LogP contribution in [0.2, 0.25) is 0 Å². The molecule has 0 saturated carbocycles. The first kappa shape index (κ1) is 21.8. The van der Waals surface area contributed by atoms with Crippen molar-refractivity contribution in [3.63, 3.8) is 0 Å². The number of carbonyl (C=O) groups is 2. The molecule has 156 valence electrons. The molecule has 0 aliphatic rings. The monoisotopic (exact) mass is 424 g/mol. The van der Waals surface area contributed by atoms with E-state index in [1.54, 1.807) is 20.8 Å². The van der Waals surface area contributed by atoms with E-state index in [1.165, 1.54) is 31.4 Å². The Kier molecular flexibility index (Phi) is 6.88. The Labute approximate surface area is 167 Å². The van der Waals surface area contributed by atoms with Crippen LogP contribution < -0.4 is 20.1 Å². The summed E-state index contributed by atoms with van der Waals surface area (Å²) in [5.41, 5.74) is 0.178. The van der Waals surface area contributed by atoms with Gasteiger partial charge < -0.3 is 9.47 Å². The van der Waals surface area contributed by atoms with Crippen LogP contribution in [0.3, 0.4) is 0 Å². The molecule has 0 unspecified atom stereocenters. The third kappa shape index (κ3) is 6.57. The second-order valence-electron chi connectivity index (χ2n) is 5.86. The van der Waals surface area contributed by atoms with Crippen molar-refractivity contribution in [2.24, 2.45) is 0 Å². The molecule has 3 N–H and O–H groups in total. The van der Waals surface area contributed by atoms with E-state index in [0.29, 0.717) is 0 Å². The van der Waals surface area contributed by atoms with Gasteiger partial charge in [0.1, 0.15) is 5.82 Å². The highest BCUT2D eigenvalue weighted by Crippen LogP contribution is 2.16. The van der Waals surface area contributed by atoms with Crippen molar-refractivity contribution in [1.29, 1.82) is 0 Å². The van der Waals surface area contributed by atoms with E-state index in [2.05, 4.69) is 25.6 Å². The zero-order chi connectivity index (χ0) is 21.6. The minimum atomic E-state index is -4.24. The van der Waals surface area contributed by atoms with Gasteiger partial charge in [-0.1, -0.05) is 6.07 Å². The standard InChI is InChI=1S/C16H20N6O6S/c1-9(2)28-16(24)19-11-6-5-7-12(8-11)29(25,26)22-14(23)20-13-17-10(3)18-15(21-13)27-4/h5-9H,1-4H3,(H,19,24)(H2,17,18,20,21,22,23). The molecule has 0 bridgehead atoms. The van der Waals surface area contributed by atoms with Gasteiger partial charge >= 0.3 is 18.1 Å². The Morgan fingerprint density at radius 2 is 1.83 bits per heavy atom. The largest absolute Gasteiger partial charge is 0.467 e. The van der Waals surface area contributed by atoms with Crippen molar-refractivity contribution in [2.75, 3.05) is 17.7 Å². The summed E-state index contributed by atoms with van der Waals surface area (Å²) < 4.78 is 36.5. The van der Waals surface area contributed by atoms with Crippen molar-refractivity contribution in [1.82, 2.24) is 19.7 Å². The predicted octanol–water partition coefficient (Wildman–Crippen LogP) is 1.66. The molecule has 2 rings (SSSR count). The van der Waals surface area contributed by atoms with Gasteiger partial charge in [0.05, 0.1) is 18.1 Å². The first-order chi connectivity index (χ1) is 13.6. The van der Waals surface area contributed by atoms with Crippen LogP contribution >= 0.6 is 0 Å². The van der Waals surface area contributed by atoms with Crippen molar-refractivity contribution in [3.8, 4) is 6.01 Å². The van der Waals surface area contributed by atoms with Gasteiger partial charge in [-0.05, 0) is 39.0 Å². The maximum absolute atomic E-state index is 12.4. The third-order valence-corrected chi connectivity index (χ3v) is 4.42. The van der Waals surface area contributed by atoms with Crippen LogP contribution in [-0.4, -0.2) is 48.7 Å². The fourth-order valence-electron chi connectivity index (χ4n) is 2.01. The van der Waals surface area contributed by atoms with Gasteiger partial charge in [0.15, 0.2) is 0 Å². The minimum absolute atomic E-state index is 0.0392. The molecular formula is C16H20N6O6S. The van der Waals surface area contributed by atoms with E-state index in [4.69, 9.17) is 9.47 Å². The molecule has 1 heterocycles. The molecule has 0 radical (unpaired) electrons. The lowest BCUT2D eigenvalue weighted by atomic mass is 10.3. The molecule has 12 nitrogen and oxygen atoms in total. The van der Waals surface area contributed by atoms with Crippen LogP contribution in [0.15, 0.2) is 29.2 Å². The molecule has 0 aliphatic carbocycles. The van der Waals surface area contributed by atoms with Gasteiger partial charge in [0, 0.05) is 5.69 Å². The van der Waals surface area contributed by atoms with Crippen molar-refractivity contribution in [2.45, 2.75) is 31.8 Å². The Morgan fingerprint density at radius 1 is 1.10 bits per heavy atom. The Hall–Kier alpha value is -3.48. The highest BCUT2D eigenvalue weighted by atomic mass is 32.2. The normalized spacial score (nSPS) is 10.9. The maximum atomic E-state index is 12.4. The van der Waals surface area contributed by atoms with E-state index < -0.39 is 22.1 Å². The first-order valence-electron chi connectivity index (χ1n) is 8.27. The second kappa shape index (κ2) is 9.14. The molecule has 29 heavy (non-hydrogen) atoms. The van der Waals surface area contributed by atoms with Gasteiger partial charge in [0.2, 0.25) is 5.95 Å². The Morgan fingerprint density at radius 3 is 2.48 bits per heavy atom. The lowest BCUT2D eigenvalue weighted by molar-refractivity contribution is 0.130. The number of nitrogens with zero attached hydrogens (tertiary/aromatic N) is 3. The highest BCUT2D eigenvalue weighted by Gasteiger charge is 2.19. The number of urea groups is 1. The Bertz CT molecular complexity index is 1010. The highest BCUT2D eigenvalue weighted by molar-refractivity contribution is 7.90. The van der Waals surface area contributed by atoms with Crippen LogP contribution in [-0.2, 0) is 14.8 Å². The summed E-state index contributed by atoms with van der Waals surface area (Å²) in [6.45, 7) is 4.89.